The second-order valence-electron chi connectivity index (χ2n) is 4.54. The molecule has 0 aliphatic carbocycles. The summed E-state index contributed by atoms with van der Waals surface area (Å²) in [4.78, 5) is 23.3. The minimum Gasteiger partial charge on any atom is -0.466 e. The lowest BCUT2D eigenvalue weighted by atomic mass is 10.1. The van der Waals surface area contributed by atoms with Gasteiger partial charge in [0.1, 0.15) is 0 Å². The Morgan fingerprint density at radius 1 is 1.25 bits per heavy atom. The molecule has 0 spiro atoms. The summed E-state index contributed by atoms with van der Waals surface area (Å²) < 4.78 is 4.87. The monoisotopic (exact) mass is 278 g/mol. The third-order valence-electron chi connectivity index (χ3n) is 3.00. The summed E-state index contributed by atoms with van der Waals surface area (Å²) in [5.41, 5.74) is 6.77. The molecule has 0 bridgehead atoms. The largest absolute Gasteiger partial charge is 0.466 e. The number of amides is 1. The Morgan fingerprint density at radius 3 is 2.45 bits per heavy atom. The summed E-state index contributed by atoms with van der Waals surface area (Å²) in [6, 6.07) is 6.71. The van der Waals surface area contributed by atoms with E-state index < -0.39 is 0 Å². The van der Waals surface area contributed by atoms with Crippen LogP contribution in [0.5, 0.6) is 0 Å². The molecular weight excluding hydrogens is 256 g/mol. The fourth-order valence-electron chi connectivity index (χ4n) is 1.81. The van der Waals surface area contributed by atoms with Gasteiger partial charge in [-0.3, -0.25) is 9.59 Å². The average molecular weight is 278 g/mol. The van der Waals surface area contributed by atoms with Crippen molar-refractivity contribution in [1.29, 1.82) is 0 Å². The molecule has 0 saturated carbocycles. The van der Waals surface area contributed by atoms with Crippen LogP contribution in [0, 0.1) is 0 Å². The number of benzene rings is 1. The number of carbonyl (C=O) groups excluding carboxylic acids is 2. The molecule has 0 aliphatic heterocycles. The van der Waals surface area contributed by atoms with Crippen molar-refractivity contribution in [2.75, 3.05) is 12.3 Å². The zero-order chi connectivity index (χ0) is 15.0. The molecular formula is C15H22N2O3. The van der Waals surface area contributed by atoms with Crippen molar-refractivity contribution in [3.63, 3.8) is 0 Å². The molecule has 110 valence electrons. The fraction of sp³-hybridized carbons (Fsp3) is 0.467. The van der Waals surface area contributed by atoms with Gasteiger partial charge in [-0.2, -0.15) is 0 Å². The zero-order valence-electron chi connectivity index (χ0n) is 12.0. The Labute approximate surface area is 119 Å². The predicted octanol–water partition coefficient (Wildman–Crippen LogP) is 2.12. The standard InChI is InChI=1S/C15H22N2O3/c1-3-13(9-10-14(18)20-4-2)17-15(19)11-5-7-12(16)8-6-11/h5-8,13H,3-4,9-10,16H2,1-2H3,(H,17,19)/t13-/m0/s1. The number of nitrogen functional groups attached to an aromatic ring is 1. The van der Waals surface area contributed by atoms with Gasteiger partial charge in [-0.05, 0) is 44.0 Å². The predicted molar refractivity (Wildman–Crippen MR) is 78.3 cm³/mol. The Balaban J connectivity index is 2.49. The minimum atomic E-state index is -0.229. The van der Waals surface area contributed by atoms with Crippen LogP contribution in [0.4, 0.5) is 5.69 Å². The van der Waals surface area contributed by atoms with E-state index in [1.54, 1.807) is 31.2 Å². The lowest BCUT2D eigenvalue weighted by Gasteiger charge is -2.16. The van der Waals surface area contributed by atoms with Gasteiger partial charge in [0.2, 0.25) is 0 Å². The van der Waals surface area contributed by atoms with E-state index in [1.165, 1.54) is 0 Å². The van der Waals surface area contributed by atoms with E-state index in [0.29, 0.717) is 30.7 Å². The van der Waals surface area contributed by atoms with Gasteiger partial charge in [-0.25, -0.2) is 0 Å². The molecule has 1 atom stereocenters. The summed E-state index contributed by atoms with van der Waals surface area (Å²) in [5, 5.41) is 2.91. The molecule has 20 heavy (non-hydrogen) atoms. The molecule has 5 nitrogen and oxygen atoms in total. The van der Waals surface area contributed by atoms with E-state index in [2.05, 4.69) is 5.32 Å². The summed E-state index contributed by atoms with van der Waals surface area (Å²) in [6.07, 6.45) is 1.66. The van der Waals surface area contributed by atoms with Crippen LogP contribution < -0.4 is 11.1 Å². The van der Waals surface area contributed by atoms with Crippen LogP contribution in [0.1, 0.15) is 43.5 Å². The summed E-state index contributed by atoms with van der Waals surface area (Å²) in [7, 11) is 0. The zero-order valence-corrected chi connectivity index (χ0v) is 12.0. The fourth-order valence-corrected chi connectivity index (χ4v) is 1.81. The van der Waals surface area contributed by atoms with Gasteiger partial charge in [-0.1, -0.05) is 6.92 Å². The van der Waals surface area contributed by atoms with Crippen molar-refractivity contribution < 1.29 is 14.3 Å². The Hall–Kier alpha value is -2.04. The lowest BCUT2D eigenvalue weighted by Crippen LogP contribution is -2.34. The van der Waals surface area contributed by atoms with Gasteiger partial charge in [-0.15, -0.1) is 0 Å². The molecule has 0 aromatic heterocycles. The first kappa shape index (κ1) is 16.0. The molecule has 0 heterocycles. The number of hydrogen-bond acceptors (Lipinski definition) is 4. The van der Waals surface area contributed by atoms with Crippen LogP contribution in [0.25, 0.3) is 0 Å². The Bertz CT molecular complexity index is 443. The van der Waals surface area contributed by atoms with E-state index in [1.807, 2.05) is 6.92 Å². The highest BCUT2D eigenvalue weighted by Crippen LogP contribution is 2.08. The number of nitrogens with one attached hydrogen (secondary N) is 1. The van der Waals surface area contributed by atoms with E-state index in [4.69, 9.17) is 10.5 Å². The minimum absolute atomic E-state index is 0.0375. The van der Waals surface area contributed by atoms with Gasteiger partial charge in [0, 0.05) is 23.7 Å². The quantitative estimate of drug-likeness (QED) is 0.591. The summed E-state index contributed by atoms with van der Waals surface area (Å²) in [5.74, 6) is -0.381. The maximum Gasteiger partial charge on any atom is 0.305 e. The first-order chi connectivity index (χ1) is 9.56. The molecule has 0 fully saturated rings. The second kappa shape index (κ2) is 8.19. The Morgan fingerprint density at radius 2 is 1.90 bits per heavy atom. The molecule has 0 unspecified atom stereocenters. The molecule has 5 heteroatoms. The highest BCUT2D eigenvalue weighted by atomic mass is 16.5. The van der Waals surface area contributed by atoms with E-state index >= 15 is 0 Å². The van der Waals surface area contributed by atoms with E-state index in [-0.39, 0.29) is 17.9 Å². The topological polar surface area (TPSA) is 81.4 Å². The van der Waals surface area contributed by atoms with Crippen molar-refractivity contribution in [3.8, 4) is 0 Å². The molecule has 0 saturated heterocycles. The normalized spacial score (nSPS) is 11.7. The van der Waals surface area contributed by atoms with Gasteiger partial charge < -0.3 is 15.8 Å². The average Bonchev–Trinajstić information content (AvgIpc) is 2.44. The van der Waals surface area contributed by atoms with Crippen molar-refractivity contribution in [3.05, 3.63) is 29.8 Å². The van der Waals surface area contributed by atoms with E-state index in [9.17, 15) is 9.59 Å². The second-order valence-corrected chi connectivity index (χ2v) is 4.54. The molecule has 0 aliphatic rings. The van der Waals surface area contributed by atoms with Gasteiger partial charge >= 0.3 is 5.97 Å². The molecule has 1 rings (SSSR count). The number of rotatable bonds is 7. The first-order valence-corrected chi connectivity index (χ1v) is 6.88. The van der Waals surface area contributed by atoms with Gasteiger partial charge in [0.05, 0.1) is 6.61 Å². The van der Waals surface area contributed by atoms with Crippen molar-refractivity contribution >= 4 is 17.6 Å². The smallest absolute Gasteiger partial charge is 0.305 e. The first-order valence-electron chi connectivity index (χ1n) is 6.88. The number of ether oxygens (including phenoxy) is 1. The van der Waals surface area contributed by atoms with Crippen LogP contribution >= 0.6 is 0 Å². The van der Waals surface area contributed by atoms with Crippen molar-refractivity contribution in [1.82, 2.24) is 5.32 Å². The number of anilines is 1. The number of nitrogens with two attached hydrogens (primary N) is 1. The molecule has 0 radical (unpaired) electrons. The third kappa shape index (κ3) is 5.30. The molecule has 1 amide bonds. The lowest BCUT2D eigenvalue weighted by molar-refractivity contribution is -0.143. The number of carbonyl (C=O) groups is 2. The molecule has 1 aromatic rings. The highest BCUT2D eigenvalue weighted by molar-refractivity contribution is 5.94. The van der Waals surface area contributed by atoms with Crippen molar-refractivity contribution in [2.45, 2.75) is 39.2 Å². The van der Waals surface area contributed by atoms with Gasteiger partial charge in [0.25, 0.3) is 5.91 Å². The number of esters is 1. The van der Waals surface area contributed by atoms with Crippen LogP contribution in [0.15, 0.2) is 24.3 Å². The Kier molecular flexibility index (Phi) is 6.56. The summed E-state index contributed by atoms with van der Waals surface area (Å²) in [6.45, 7) is 4.13. The maximum atomic E-state index is 12.0. The maximum absolute atomic E-state index is 12.0. The van der Waals surface area contributed by atoms with E-state index in [0.717, 1.165) is 6.42 Å². The molecule has 3 N–H and O–H groups in total. The van der Waals surface area contributed by atoms with Crippen molar-refractivity contribution in [2.24, 2.45) is 0 Å². The highest BCUT2D eigenvalue weighted by Gasteiger charge is 2.14. The molecule has 1 aromatic carbocycles. The SMILES string of the molecule is CCOC(=O)CC[C@H](CC)NC(=O)c1ccc(N)cc1. The van der Waals surface area contributed by atoms with Crippen LogP contribution in [-0.2, 0) is 9.53 Å². The number of hydrogen-bond donors (Lipinski definition) is 2. The van der Waals surface area contributed by atoms with Crippen LogP contribution in [-0.4, -0.2) is 24.5 Å². The van der Waals surface area contributed by atoms with Crippen LogP contribution in [0.3, 0.4) is 0 Å². The van der Waals surface area contributed by atoms with Crippen LogP contribution in [0.2, 0.25) is 0 Å². The van der Waals surface area contributed by atoms with Gasteiger partial charge in [0.15, 0.2) is 0 Å². The third-order valence-corrected chi connectivity index (χ3v) is 3.00. The summed E-state index contributed by atoms with van der Waals surface area (Å²) >= 11 is 0.